The van der Waals surface area contributed by atoms with Crippen LogP contribution in [0.5, 0.6) is 0 Å². The smallest absolute Gasteiger partial charge is 0.0662 e. The van der Waals surface area contributed by atoms with Gasteiger partial charge in [0.25, 0.3) is 0 Å². The number of aliphatic imine (C=N–C) groups is 1. The molecule has 1 aliphatic carbocycles. The van der Waals surface area contributed by atoms with Gasteiger partial charge in [0, 0.05) is 5.71 Å². The highest BCUT2D eigenvalue weighted by Crippen LogP contribution is 2.37. The lowest BCUT2D eigenvalue weighted by Gasteiger charge is -2.19. The van der Waals surface area contributed by atoms with E-state index in [4.69, 9.17) is 4.99 Å². The lowest BCUT2D eigenvalue weighted by Crippen LogP contribution is -2.31. The van der Waals surface area contributed by atoms with E-state index in [-0.39, 0.29) is 0 Å². The van der Waals surface area contributed by atoms with Crippen molar-refractivity contribution in [1.82, 2.24) is 0 Å². The summed E-state index contributed by atoms with van der Waals surface area (Å²) in [4.78, 5) is 4.95. The predicted octanol–water partition coefficient (Wildman–Crippen LogP) is 12.0. The lowest BCUT2D eigenvalue weighted by atomic mass is 9.84. The van der Waals surface area contributed by atoms with E-state index in [0.717, 1.165) is 29.8 Å². The molecule has 0 aliphatic heterocycles. The van der Waals surface area contributed by atoms with Gasteiger partial charge in [-0.2, -0.15) is 0 Å². The van der Waals surface area contributed by atoms with E-state index < -0.39 is 0 Å². The topological polar surface area (TPSA) is 12.4 Å². The lowest BCUT2D eigenvalue weighted by molar-refractivity contribution is 1.12. The summed E-state index contributed by atoms with van der Waals surface area (Å²) in [6.07, 6.45) is 7.03. The van der Waals surface area contributed by atoms with Crippen LogP contribution in [0.15, 0.2) is 157 Å². The molecule has 0 saturated carbocycles. The van der Waals surface area contributed by atoms with Gasteiger partial charge in [-0.05, 0) is 138 Å². The molecule has 1 aliphatic rings. The molecule has 0 aromatic heterocycles. The molecule has 238 valence electrons. The molecule has 0 bridgehead atoms. The highest BCUT2D eigenvalue weighted by atomic mass is 14.7. The predicted molar refractivity (Wildman–Crippen MR) is 216 cm³/mol. The highest BCUT2D eigenvalue weighted by Gasteiger charge is 2.18. The normalized spacial score (nSPS) is 12.9. The van der Waals surface area contributed by atoms with Crippen LogP contribution in [-0.2, 0) is 0 Å². The van der Waals surface area contributed by atoms with Crippen LogP contribution < -0.4 is 10.4 Å². The first-order chi connectivity index (χ1) is 24.6. The zero-order valence-corrected chi connectivity index (χ0v) is 28.4. The number of nitrogens with zero attached hydrogens (tertiary/aromatic N) is 1. The van der Waals surface area contributed by atoms with Gasteiger partial charge < -0.3 is 0 Å². The molecule has 0 heterocycles. The van der Waals surface area contributed by atoms with E-state index >= 15 is 0 Å². The van der Waals surface area contributed by atoms with Gasteiger partial charge in [-0.1, -0.05) is 140 Å². The van der Waals surface area contributed by atoms with Crippen LogP contribution in [0.4, 0.5) is 5.69 Å². The van der Waals surface area contributed by atoms with Crippen LogP contribution >= 0.6 is 0 Å². The fourth-order valence-electron chi connectivity index (χ4n) is 7.74. The number of hydrogen-bond acceptors (Lipinski definition) is 1. The summed E-state index contributed by atoms with van der Waals surface area (Å²) in [5.74, 6) is 0. The van der Waals surface area contributed by atoms with Crippen LogP contribution in [0.2, 0.25) is 0 Å². The van der Waals surface area contributed by atoms with Crippen LogP contribution in [0, 0.1) is 6.92 Å². The molecule has 0 amide bonds. The van der Waals surface area contributed by atoms with Gasteiger partial charge in [-0.15, -0.1) is 0 Å². The van der Waals surface area contributed by atoms with Crippen molar-refractivity contribution >= 4 is 55.9 Å². The Morgan fingerprint density at radius 3 is 1.60 bits per heavy atom. The summed E-state index contributed by atoms with van der Waals surface area (Å²) < 4.78 is 0. The molecule has 9 rings (SSSR count). The second-order valence-corrected chi connectivity index (χ2v) is 13.5. The summed E-state index contributed by atoms with van der Waals surface area (Å²) in [7, 11) is 0. The third-order valence-electron chi connectivity index (χ3n) is 10.4. The Morgan fingerprint density at radius 2 is 0.980 bits per heavy atom. The number of benzene rings is 8. The summed E-state index contributed by atoms with van der Waals surface area (Å²) in [6.45, 7) is 4.21. The van der Waals surface area contributed by atoms with Gasteiger partial charge in [0.15, 0.2) is 0 Å². The molecule has 0 unspecified atom stereocenters. The van der Waals surface area contributed by atoms with E-state index in [0.29, 0.717) is 0 Å². The monoisotopic (exact) mass is 639 g/mol. The third-order valence-corrected chi connectivity index (χ3v) is 10.4. The Labute approximate surface area is 293 Å². The molecule has 0 radical (unpaired) electrons. The number of rotatable bonds is 5. The maximum Gasteiger partial charge on any atom is 0.0662 e. The van der Waals surface area contributed by atoms with Crippen molar-refractivity contribution in [1.29, 1.82) is 0 Å². The number of hydrogen-bond donors (Lipinski definition) is 0. The fourth-order valence-corrected chi connectivity index (χ4v) is 7.74. The van der Waals surface area contributed by atoms with E-state index in [1.165, 1.54) is 81.7 Å². The largest absolute Gasteiger partial charge is 0.253 e. The number of para-hydroxylation sites is 1. The molecule has 0 atom stereocenters. The Morgan fingerprint density at radius 1 is 0.460 bits per heavy atom. The van der Waals surface area contributed by atoms with Crippen molar-refractivity contribution in [3.8, 4) is 33.4 Å². The zero-order valence-electron chi connectivity index (χ0n) is 28.4. The minimum Gasteiger partial charge on any atom is -0.253 e. The van der Waals surface area contributed by atoms with Crippen molar-refractivity contribution in [3.63, 3.8) is 0 Å². The minimum atomic E-state index is 1.02. The van der Waals surface area contributed by atoms with Crippen molar-refractivity contribution in [2.75, 3.05) is 0 Å². The Balaban J connectivity index is 1.26. The first kappa shape index (κ1) is 30.0. The third kappa shape index (κ3) is 5.32. The van der Waals surface area contributed by atoms with Gasteiger partial charge in [-0.3, -0.25) is 4.99 Å². The Hall–Kier alpha value is -6.05. The van der Waals surface area contributed by atoms with E-state index in [1.54, 1.807) is 0 Å². The standard InChI is InChI=1S/C49H37N/c1-32-11-3-10-18-47(32)50-33(2)34-19-21-37(22-20-34)40-27-28-45-46(31-40)49(42-26-24-36-13-5-7-15-39(36)30-42)44-17-9-8-16-43(44)48(45)41-25-23-35-12-4-6-14-38(35)29-41/h3-7,10-31H,8-9H2,1-2H3/b50-33+. The summed E-state index contributed by atoms with van der Waals surface area (Å²) in [5.41, 5.74) is 11.9. The Kier molecular flexibility index (Phi) is 7.47. The van der Waals surface area contributed by atoms with Gasteiger partial charge in [-0.25, -0.2) is 0 Å². The van der Waals surface area contributed by atoms with Gasteiger partial charge in [0.05, 0.1) is 5.69 Å². The maximum atomic E-state index is 4.95. The summed E-state index contributed by atoms with van der Waals surface area (Å²) in [5, 5.41) is 10.3. The van der Waals surface area contributed by atoms with Crippen LogP contribution in [-0.4, -0.2) is 5.71 Å². The van der Waals surface area contributed by atoms with Gasteiger partial charge in [0.2, 0.25) is 0 Å². The van der Waals surface area contributed by atoms with Crippen molar-refractivity contribution in [2.45, 2.75) is 26.7 Å². The first-order valence-corrected chi connectivity index (χ1v) is 17.6. The quantitative estimate of drug-likeness (QED) is 0.166. The SMILES string of the molecule is C/C(=N\c1ccccc1C)c1ccc(-c2ccc3c(-c4ccc5ccccc5c4)c4c(c(-c5ccc6ccccc6c5)c3c2)=CCCC=4)cc1. The molecule has 50 heavy (non-hydrogen) atoms. The first-order valence-electron chi connectivity index (χ1n) is 17.6. The number of fused-ring (bicyclic) bond motifs is 4. The molecular weight excluding hydrogens is 603 g/mol. The van der Waals surface area contributed by atoms with Crippen LogP contribution in [0.1, 0.15) is 30.9 Å². The molecule has 0 saturated heterocycles. The van der Waals surface area contributed by atoms with Gasteiger partial charge in [0.1, 0.15) is 0 Å². The average molecular weight is 640 g/mol. The minimum absolute atomic E-state index is 1.02. The molecular formula is C49H37N. The Bertz CT molecular complexity index is 2760. The molecule has 8 aromatic carbocycles. The fraction of sp³-hybridized carbons (Fsp3) is 0.0816. The van der Waals surface area contributed by atoms with E-state index in [1.807, 2.05) is 6.07 Å². The van der Waals surface area contributed by atoms with E-state index in [9.17, 15) is 0 Å². The van der Waals surface area contributed by atoms with Crippen molar-refractivity contribution in [2.24, 2.45) is 4.99 Å². The number of aryl methyl sites for hydroxylation is 1. The van der Waals surface area contributed by atoms with Crippen LogP contribution in [0.3, 0.4) is 0 Å². The average Bonchev–Trinajstić information content (AvgIpc) is 3.17. The zero-order chi connectivity index (χ0) is 33.6. The molecule has 1 nitrogen and oxygen atoms in total. The maximum absolute atomic E-state index is 4.95. The molecule has 0 fully saturated rings. The highest BCUT2D eigenvalue weighted by molar-refractivity contribution is 6.09. The molecule has 0 spiro atoms. The second-order valence-electron chi connectivity index (χ2n) is 13.5. The molecule has 8 aromatic rings. The van der Waals surface area contributed by atoms with Gasteiger partial charge >= 0.3 is 0 Å². The second kappa shape index (κ2) is 12.4. The van der Waals surface area contributed by atoms with Crippen molar-refractivity contribution in [3.05, 3.63) is 173 Å². The summed E-state index contributed by atoms with van der Waals surface area (Å²) >= 11 is 0. The molecule has 0 N–H and O–H groups in total. The van der Waals surface area contributed by atoms with E-state index in [2.05, 4.69) is 172 Å². The summed E-state index contributed by atoms with van der Waals surface area (Å²) in [6, 6.07) is 55.6. The van der Waals surface area contributed by atoms with Crippen molar-refractivity contribution < 1.29 is 0 Å². The van der Waals surface area contributed by atoms with Crippen LogP contribution in [0.25, 0.3) is 77.9 Å². The molecule has 1 heteroatoms.